The Morgan fingerprint density at radius 2 is 1.65 bits per heavy atom. The van der Waals surface area contributed by atoms with E-state index in [1.807, 2.05) is 60.5 Å². The minimum atomic E-state index is -0.182. The predicted molar refractivity (Wildman–Crippen MR) is 136 cm³/mol. The molecule has 1 saturated heterocycles. The highest BCUT2D eigenvalue weighted by Crippen LogP contribution is 2.18. The van der Waals surface area contributed by atoms with Gasteiger partial charge in [0.1, 0.15) is 10.7 Å². The molecule has 8 heteroatoms. The lowest BCUT2D eigenvalue weighted by Crippen LogP contribution is -2.48. The minimum Gasteiger partial charge on any atom is -0.335 e. The van der Waals surface area contributed by atoms with E-state index >= 15 is 0 Å². The molecule has 0 saturated carbocycles. The number of hydrogen-bond acceptors (Lipinski definition) is 5. The number of piperazine rings is 1. The zero-order chi connectivity index (χ0) is 23.9. The summed E-state index contributed by atoms with van der Waals surface area (Å²) in [6.45, 7) is 8.28. The van der Waals surface area contributed by atoms with Gasteiger partial charge in [0, 0.05) is 49.8 Å². The van der Waals surface area contributed by atoms with Crippen LogP contribution < -0.4 is 5.32 Å². The van der Waals surface area contributed by atoms with Crippen LogP contribution in [0, 0.1) is 0 Å². The number of carbonyl (C=O) groups excluding carboxylic acids is 2. The van der Waals surface area contributed by atoms with Gasteiger partial charge in [-0.1, -0.05) is 48.5 Å². The van der Waals surface area contributed by atoms with E-state index in [0.717, 1.165) is 30.3 Å². The molecule has 1 fully saturated rings. The van der Waals surface area contributed by atoms with E-state index in [1.165, 1.54) is 16.9 Å². The third-order valence-corrected chi connectivity index (χ3v) is 6.73. The minimum absolute atomic E-state index is 0.00976. The maximum Gasteiger partial charge on any atom is 0.322 e. The molecule has 1 aliphatic rings. The second-order valence-corrected chi connectivity index (χ2v) is 9.64. The average Bonchev–Trinajstić information content (AvgIpc) is 3.32. The number of anilines is 1. The van der Waals surface area contributed by atoms with Gasteiger partial charge in [-0.3, -0.25) is 9.69 Å². The maximum atomic E-state index is 13.0. The van der Waals surface area contributed by atoms with Crippen molar-refractivity contribution in [2.45, 2.75) is 33.0 Å². The first kappa shape index (κ1) is 23.9. The number of thiazole rings is 1. The van der Waals surface area contributed by atoms with Gasteiger partial charge in [-0.25, -0.2) is 9.78 Å². The topological polar surface area (TPSA) is 68.8 Å². The van der Waals surface area contributed by atoms with Crippen molar-refractivity contribution in [1.82, 2.24) is 19.7 Å². The number of aromatic nitrogens is 1. The van der Waals surface area contributed by atoms with Crippen molar-refractivity contribution >= 4 is 29.0 Å². The average molecular weight is 478 g/mol. The van der Waals surface area contributed by atoms with Gasteiger partial charge in [0.2, 0.25) is 0 Å². The van der Waals surface area contributed by atoms with Crippen LogP contribution in [0.1, 0.15) is 34.9 Å². The van der Waals surface area contributed by atoms with Crippen molar-refractivity contribution in [3.63, 3.8) is 0 Å². The van der Waals surface area contributed by atoms with Gasteiger partial charge in [0.25, 0.3) is 5.91 Å². The number of para-hydroxylation sites is 1. The highest BCUT2D eigenvalue weighted by Gasteiger charge is 2.25. The largest absolute Gasteiger partial charge is 0.335 e. The highest BCUT2D eigenvalue weighted by atomic mass is 32.1. The molecular formula is C26H31N5O2S. The van der Waals surface area contributed by atoms with E-state index in [9.17, 15) is 9.59 Å². The standard InChI is InChI=1S/C26H31N5O2S/c1-20(2)31(26(33)27-22-11-7-4-8-12-22)18-24-28-23(19-34-24)25(32)30-15-13-29(14-16-30)17-21-9-5-3-6-10-21/h3-12,19-20H,13-18H2,1-2H3,(H,27,33). The molecular weight excluding hydrogens is 446 g/mol. The molecule has 1 aliphatic heterocycles. The Balaban J connectivity index is 1.32. The molecule has 0 unspecified atom stereocenters. The van der Waals surface area contributed by atoms with E-state index in [2.05, 4.69) is 39.5 Å². The molecule has 0 radical (unpaired) electrons. The van der Waals surface area contributed by atoms with E-state index in [1.54, 1.807) is 4.90 Å². The monoisotopic (exact) mass is 477 g/mol. The predicted octanol–water partition coefficient (Wildman–Crippen LogP) is 4.54. The van der Waals surface area contributed by atoms with Crippen LogP contribution in [0.2, 0.25) is 0 Å². The number of hydrogen-bond donors (Lipinski definition) is 1. The first-order chi connectivity index (χ1) is 16.5. The van der Waals surface area contributed by atoms with Crippen molar-refractivity contribution in [1.29, 1.82) is 0 Å². The second kappa shape index (κ2) is 11.3. The summed E-state index contributed by atoms with van der Waals surface area (Å²) in [7, 11) is 0. The molecule has 2 heterocycles. The van der Waals surface area contributed by atoms with Gasteiger partial charge in [-0.05, 0) is 31.5 Å². The molecule has 3 aromatic rings. The van der Waals surface area contributed by atoms with Crippen LogP contribution in [0.25, 0.3) is 0 Å². The fraction of sp³-hybridized carbons (Fsp3) is 0.346. The molecule has 2 aromatic carbocycles. The van der Waals surface area contributed by atoms with E-state index in [-0.39, 0.29) is 18.0 Å². The van der Waals surface area contributed by atoms with Crippen LogP contribution in [0.5, 0.6) is 0 Å². The first-order valence-electron chi connectivity index (χ1n) is 11.6. The van der Waals surface area contributed by atoms with Gasteiger partial charge in [-0.2, -0.15) is 0 Å². The molecule has 1 aromatic heterocycles. The Morgan fingerprint density at radius 1 is 1.00 bits per heavy atom. The summed E-state index contributed by atoms with van der Waals surface area (Å²) in [6, 6.07) is 19.6. The normalized spacial score (nSPS) is 14.3. The number of urea groups is 1. The Kier molecular flexibility index (Phi) is 7.92. The van der Waals surface area contributed by atoms with Crippen LogP contribution in [-0.2, 0) is 13.1 Å². The lowest BCUT2D eigenvalue weighted by atomic mass is 10.2. The van der Waals surface area contributed by atoms with Crippen molar-refractivity contribution in [3.05, 3.63) is 82.3 Å². The van der Waals surface area contributed by atoms with Gasteiger partial charge < -0.3 is 15.1 Å². The van der Waals surface area contributed by atoms with Crippen LogP contribution in [0.4, 0.5) is 10.5 Å². The molecule has 0 bridgehead atoms. The highest BCUT2D eigenvalue weighted by molar-refractivity contribution is 7.09. The number of nitrogens with one attached hydrogen (secondary N) is 1. The fourth-order valence-corrected chi connectivity index (χ4v) is 4.71. The molecule has 7 nitrogen and oxygen atoms in total. The molecule has 178 valence electrons. The molecule has 34 heavy (non-hydrogen) atoms. The Hall–Kier alpha value is -3.23. The van der Waals surface area contributed by atoms with Crippen molar-refractivity contribution in [3.8, 4) is 0 Å². The van der Waals surface area contributed by atoms with Gasteiger partial charge in [0.15, 0.2) is 0 Å². The second-order valence-electron chi connectivity index (χ2n) is 8.70. The summed E-state index contributed by atoms with van der Waals surface area (Å²) in [5, 5.41) is 5.49. The summed E-state index contributed by atoms with van der Waals surface area (Å²) >= 11 is 1.42. The van der Waals surface area contributed by atoms with Gasteiger partial charge in [0.05, 0.1) is 6.54 Å². The van der Waals surface area contributed by atoms with Crippen molar-refractivity contribution < 1.29 is 9.59 Å². The quantitative estimate of drug-likeness (QED) is 0.542. The molecule has 0 spiro atoms. The summed E-state index contributed by atoms with van der Waals surface area (Å²) in [6.07, 6.45) is 0. The summed E-state index contributed by atoms with van der Waals surface area (Å²) in [5.74, 6) is -0.0355. The lowest BCUT2D eigenvalue weighted by molar-refractivity contribution is 0.0623. The third-order valence-electron chi connectivity index (χ3n) is 5.89. The Bertz CT molecular complexity index is 1080. The molecule has 3 amide bonds. The zero-order valence-corrected chi connectivity index (χ0v) is 20.5. The Labute approximate surface area is 205 Å². The van der Waals surface area contributed by atoms with Crippen LogP contribution >= 0.6 is 11.3 Å². The van der Waals surface area contributed by atoms with E-state index < -0.39 is 0 Å². The van der Waals surface area contributed by atoms with Crippen LogP contribution in [-0.4, -0.2) is 63.8 Å². The summed E-state index contributed by atoms with van der Waals surface area (Å²) < 4.78 is 0. The van der Waals surface area contributed by atoms with Gasteiger partial charge in [-0.15, -0.1) is 11.3 Å². The molecule has 0 aliphatic carbocycles. The van der Waals surface area contributed by atoms with Crippen LogP contribution in [0.3, 0.4) is 0 Å². The molecule has 1 N–H and O–H groups in total. The SMILES string of the molecule is CC(C)N(Cc1nc(C(=O)N2CCN(Cc3ccccc3)CC2)cs1)C(=O)Nc1ccccc1. The lowest BCUT2D eigenvalue weighted by Gasteiger charge is -2.34. The number of rotatable bonds is 7. The zero-order valence-electron chi connectivity index (χ0n) is 19.7. The number of benzene rings is 2. The Morgan fingerprint density at radius 3 is 2.29 bits per heavy atom. The fourth-order valence-electron chi connectivity index (χ4n) is 3.95. The summed E-state index contributed by atoms with van der Waals surface area (Å²) in [4.78, 5) is 36.4. The molecule has 0 atom stereocenters. The van der Waals surface area contributed by atoms with Crippen molar-refractivity contribution in [2.75, 3.05) is 31.5 Å². The number of amides is 3. The number of nitrogens with zero attached hydrogens (tertiary/aromatic N) is 4. The first-order valence-corrected chi connectivity index (χ1v) is 12.5. The van der Waals surface area contributed by atoms with E-state index in [0.29, 0.717) is 25.3 Å². The molecule has 4 rings (SSSR count). The summed E-state index contributed by atoms with van der Waals surface area (Å²) in [5.41, 5.74) is 2.50. The number of carbonyl (C=O) groups is 2. The maximum absolute atomic E-state index is 13.0. The van der Waals surface area contributed by atoms with E-state index in [4.69, 9.17) is 0 Å². The van der Waals surface area contributed by atoms with Crippen LogP contribution in [0.15, 0.2) is 66.0 Å². The van der Waals surface area contributed by atoms with Gasteiger partial charge >= 0.3 is 6.03 Å². The van der Waals surface area contributed by atoms with Crippen molar-refractivity contribution in [2.24, 2.45) is 0 Å². The smallest absolute Gasteiger partial charge is 0.322 e. The third kappa shape index (κ3) is 6.21.